The molecule has 0 bridgehead atoms. The first-order valence-corrected chi connectivity index (χ1v) is 12.3. The van der Waals surface area contributed by atoms with Gasteiger partial charge in [0.1, 0.15) is 6.10 Å². The second kappa shape index (κ2) is 7.10. The van der Waals surface area contributed by atoms with Crippen LogP contribution in [0.3, 0.4) is 0 Å². The summed E-state index contributed by atoms with van der Waals surface area (Å²) < 4.78 is 17.4. The average molecular weight is 442 g/mol. The molecule has 32 heavy (non-hydrogen) atoms. The Bertz CT molecular complexity index is 942. The Morgan fingerprint density at radius 3 is 2.88 bits per heavy atom. The normalized spacial score (nSPS) is 42.7. The second-order valence-corrected chi connectivity index (χ2v) is 11.2. The van der Waals surface area contributed by atoms with Gasteiger partial charge in [-0.15, -0.1) is 0 Å². The summed E-state index contributed by atoms with van der Waals surface area (Å²) in [6.07, 6.45) is 6.60. The molecule has 3 aliphatic heterocycles. The van der Waals surface area contributed by atoms with E-state index >= 15 is 0 Å². The van der Waals surface area contributed by atoms with E-state index in [0.717, 1.165) is 39.0 Å². The molecule has 2 saturated heterocycles. The van der Waals surface area contributed by atoms with Gasteiger partial charge in [0.15, 0.2) is 11.5 Å². The van der Waals surface area contributed by atoms with Crippen LogP contribution in [-0.4, -0.2) is 54.5 Å². The van der Waals surface area contributed by atoms with Gasteiger partial charge in [-0.05, 0) is 80.0 Å². The Hall–Kier alpha value is -1.79. The molecule has 4 fully saturated rings. The SMILES string of the molecule is COc1cc2c(cc1O)CCN(C[C@@H]1C(=O)O[C@@H]3C[C@@]4(C)CCC[C@@]5(CO5)[C@@H]4C[C@H]13)[C@@H]2C. The molecule has 0 unspecified atom stereocenters. The van der Waals surface area contributed by atoms with Gasteiger partial charge in [-0.3, -0.25) is 9.69 Å². The van der Waals surface area contributed by atoms with Crippen molar-refractivity contribution in [2.24, 2.45) is 23.2 Å². The van der Waals surface area contributed by atoms with Crippen LogP contribution in [-0.2, 0) is 20.7 Å². The number of rotatable bonds is 3. The number of hydrogen-bond acceptors (Lipinski definition) is 6. The van der Waals surface area contributed by atoms with Crippen molar-refractivity contribution < 1.29 is 24.1 Å². The van der Waals surface area contributed by atoms with Crippen molar-refractivity contribution in [3.63, 3.8) is 0 Å². The summed E-state index contributed by atoms with van der Waals surface area (Å²) in [7, 11) is 1.58. The molecule has 2 saturated carbocycles. The largest absolute Gasteiger partial charge is 0.504 e. The fraction of sp³-hybridized carbons (Fsp3) is 0.731. The summed E-state index contributed by atoms with van der Waals surface area (Å²) in [5.74, 6) is 1.48. The third-order valence-electron chi connectivity index (χ3n) is 9.62. The topological polar surface area (TPSA) is 71.5 Å². The summed E-state index contributed by atoms with van der Waals surface area (Å²) in [5, 5.41) is 10.2. The quantitative estimate of drug-likeness (QED) is 0.568. The third kappa shape index (κ3) is 3.02. The Morgan fingerprint density at radius 1 is 1.31 bits per heavy atom. The number of phenolic OH excluding ortho intramolecular Hbond substituents is 1. The molecule has 3 heterocycles. The van der Waals surface area contributed by atoms with Crippen molar-refractivity contribution in [1.82, 2.24) is 4.90 Å². The number of phenols is 1. The minimum absolute atomic E-state index is 0.00528. The molecular formula is C26H35NO5. The highest BCUT2D eigenvalue weighted by Gasteiger charge is 2.65. The van der Waals surface area contributed by atoms with Crippen LogP contribution in [0.5, 0.6) is 11.5 Å². The molecule has 0 radical (unpaired) electrons. The van der Waals surface area contributed by atoms with E-state index in [2.05, 4.69) is 18.7 Å². The maximum Gasteiger partial charge on any atom is 0.310 e. The minimum Gasteiger partial charge on any atom is -0.504 e. The lowest BCUT2D eigenvalue weighted by Gasteiger charge is -2.51. The van der Waals surface area contributed by atoms with Crippen molar-refractivity contribution >= 4 is 5.97 Å². The van der Waals surface area contributed by atoms with Gasteiger partial charge in [-0.2, -0.15) is 0 Å². The fourth-order valence-electron chi connectivity index (χ4n) is 7.72. The van der Waals surface area contributed by atoms with Gasteiger partial charge in [0, 0.05) is 25.0 Å². The van der Waals surface area contributed by atoms with Crippen LogP contribution in [0.1, 0.15) is 63.1 Å². The first-order valence-electron chi connectivity index (χ1n) is 12.3. The standard InChI is InChI=1S/C26H35NO5/c1-15-17-10-21(30-3)20(28)9-16(17)5-8-27(15)13-19-18-11-23-25(2,12-22(18)32-24(19)29)6-4-7-26(23)14-31-26/h9-10,15,18-19,22-23,28H,4-8,11-14H2,1-3H3/t15-,18-,19+,22-,23-,25-,26-/m1/s1. The van der Waals surface area contributed by atoms with Crippen LogP contribution in [0.15, 0.2) is 12.1 Å². The highest BCUT2D eigenvalue weighted by molar-refractivity contribution is 5.75. The minimum atomic E-state index is -0.0645. The molecular weight excluding hydrogens is 406 g/mol. The predicted molar refractivity (Wildman–Crippen MR) is 119 cm³/mol. The summed E-state index contributed by atoms with van der Waals surface area (Å²) >= 11 is 0. The molecule has 1 aromatic carbocycles. The highest BCUT2D eigenvalue weighted by Crippen LogP contribution is 2.63. The summed E-state index contributed by atoms with van der Waals surface area (Å²) in [6, 6.07) is 3.96. The van der Waals surface area contributed by atoms with E-state index in [4.69, 9.17) is 14.2 Å². The molecule has 0 amide bonds. The van der Waals surface area contributed by atoms with Crippen LogP contribution in [0, 0.1) is 23.2 Å². The molecule has 1 spiro atoms. The third-order valence-corrected chi connectivity index (χ3v) is 9.62. The van der Waals surface area contributed by atoms with Crippen LogP contribution < -0.4 is 4.74 Å². The number of esters is 1. The van der Waals surface area contributed by atoms with Crippen LogP contribution in [0.4, 0.5) is 0 Å². The summed E-state index contributed by atoms with van der Waals surface area (Å²) in [5.41, 5.74) is 2.68. The molecule has 6 nitrogen and oxygen atoms in total. The van der Waals surface area contributed by atoms with Crippen molar-refractivity contribution in [3.05, 3.63) is 23.3 Å². The molecule has 6 rings (SSSR count). The number of aromatic hydroxyl groups is 1. The first-order chi connectivity index (χ1) is 15.3. The monoisotopic (exact) mass is 441 g/mol. The highest BCUT2D eigenvalue weighted by atomic mass is 16.6. The van der Waals surface area contributed by atoms with Crippen LogP contribution in [0.2, 0.25) is 0 Å². The zero-order valence-electron chi connectivity index (χ0n) is 19.4. The van der Waals surface area contributed by atoms with Gasteiger partial charge in [0.25, 0.3) is 0 Å². The number of fused-ring (bicyclic) bond motifs is 4. The maximum atomic E-state index is 13.1. The smallest absolute Gasteiger partial charge is 0.310 e. The fourth-order valence-corrected chi connectivity index (χ4v) is 7.72. The van der Waals surface area contributed by atoms with Gasteiger partial charge >= 0.3 is 5.97 Å². The molecule has 7 atom stereocenters. The van der Waals surface area contributed by atoms with E-state index in [0.29, 0.717) is 17.6 Å². The Kier molecular flexibility index (Phi) is 4.61. The number of epoxide rings is 1. The van der Waals surface area contributed by atoms with E-state index in [1.54, 1.807) is 7.11 Å². The number of ether oxygens (including phenoxy) is 3. The predicted octanol–water partition coefficient (Wildman–Crippen LogP) is 3.85. The zero-order chi connectivity index (χ0) is 22.3. The van der Waals surface area contributed by atoms with Gasteiger partial charge in [-0.1, -0.05) is 6.92 Å². The van der Waals surface area contributed by atoms with Crippen molar-refractivity contribution in [2.75, 3.05) is 26.8 Å². The van der Waals surface area contributed by atoms with Crippen LogP contribution in [0.25, 0.3) is 0 Å². The zero-order valence-corrected chi connectivity index (χ0v) is 19.4. The maximum absolute atomic E-state index is 13.1. The first kappa shape index (κ1) is 20.8. The van der Waals surface area contributed by atoms with E-state index in [9.17, 15) is 9.90 Å². The van der Waals surface area contributed by atoms with Crippen molar-refractivity contribution in [2.45, 2.75) is 70.1 Å². The van der Waals surface area contributed by atoms with Gasteiger partial charge in [0.05, 0.1) is 25.2 Å². The molecule has 5 aliphatic rings. The molecule has 2 aliphatic carbocycles. The summed E-state index contributed by atoms with van der Waals surface area (Å²) in [4.78, 5) is 15.5. The Balaban J connectivity index is 1.23. The lowest BCUT2D eigenvalue weighted by molar-refractivity contribution is -0.147. The van der Waals surface area contributed by atoms with Crippen LogP contribution >= 0.6 is 0 Å². The van der Waals surface area contributed by atoms with E-state index < -0.39 is 0 Å². The van der Waals surface area contributed by atoms with Gasteiger partial charge < -0.3 is 19.3 Å². The van der Waals surface area contributed by atoms with E-state index in [1.807, 2.05) is 12.1 Å². The number of nitrogens with zero attached hydrogens (tertiary/aromatic N) is 1. The Labute approximate surface area is 190 Å². The van der Waals surface area contributed by atoms with Gasteiger partial charge in [0.2, 0.25) is 0 Å². The lowest BCUT2D eigenvalue weighted by Crippen LogP contribution is -2.51. The molecule has 1 aromatic rings. The van der Waals surface area contributed by atoms with Crippen molar-refractivity contribution in [1.29, 1.82) is 0 Å². The number of hydrogen-bond donors (Lipinski definition) is 1. The number of methoxy groups -OCH3 is 1. The summed E-state index contributed by atoms with van der Waals surface area (Å²) in [6.45, 7) is 7.12. The number of benzene rings is 1. The van der Waals surface area contributed by atoms with Crippen molar-refractivity contribution in [3.8, 4) is 11.5 Å². The Morgan fingerprint density at radius 2 is 2.12 bits per heavy atom. The molecule has 0 aromatic heterocycles. The molecule has 6 heteroatoms. The molecule has 174 valence electrons. The average Bonchev–Trinajstić information content (AvgIpc) is 3.46. The number of carbonyl (C=O) groups excluding carboxylic acids is 1. The number of carbonyl (C=O) groups is 1. The van der Waals surface area contributed by atoms with E-state index in [-0.39, 0.29) is 40.8 Å². The molecule has 1 N–H and O–H groups in total. The second-order valence-electron chi connectivity index (χ2n) is 11.2. The lowest BCUT2D eigenvalue weighted by atomic mass is 9.53. The van der Waals surface area contributed by atoms with Gasteiger partial charge in [-0.25, -0.2) is 0 Å². The van der Waals surface area contributed by atoms with E-state index in [1.165, 1.54) is 30.4 Å².